The first-order valence-electron chi connectivity index (χ1n) is 11.0. The van der Waals surface area contributed by atoms with Gasteiger partial charge in [-0.15, -0.1) is 0 Å². The molecule has 2 fully saturated rings. The second-order valence-corrected chi connectivity index (χ2v) is 8.28. The van der Waals surface area contributed by atoms with Crippen molar-refractivity contribution in [1.82, 2.24) is 4.90 Å². The topological polar surface area (TPSA) is 107 Å². The van der Waals surface area contributed by atoms with E-state index in [4.69, 9.17) is 21.3 Å². The standard InChI is InChI=1S/C24H28FN5O2/c25-19-15-17(23(28)29-11-3-4-12-29)9-10-21(19)32-24(31)20-8-1-2-13-30(20)18-7-5-6-16(14-18)22(26)27/h5-7,9-10,14-15,20,28H,1-4,8,11-13H2,(H3,26,27)/t20-/m1/s1. The Hall–Kier alpha value is -3.42. The summed E-state index contributed by atoms with van der Waals surface area (Å²) < 4.78 is 20.2. The zero-order valence-corrected chi connectivity index (χ0v) is 17.9. The molecule has 2 aromatic rings. The van der Waals surface area contributed by atoms with Crippen molar-refractivity contribution in [3.8, 4) is 5.75 Å². The number of amidine groups is 2. The number of nitrogens with zero attached hydrogens (tertiary/aromatic N) is 2. The van der Waals surface area contributed by atoms with Gasteiger partial charge in [0.25, 0.3) is 0 Å². The number of likely N-dealkylation sites (tertiary alicyclic amines) is 1. The smallest absolute Gasteiger partial charge is 0.334 e. The summed E-state index contributed by atoms with van der Waals surface area (Å²) in [6.45, 7) is 2.27. The van der Waals surface area contributed by atoms with E-state index in [1.807, 2.05) is 15.9 Å². The van der Waals surface area contributed by atoms with Gasteiger partial charge in [0, 0.05) is 36.4 Å². The minimum atomic E-state index is -0.652. The Balaban J connectivity index is 1.50. The predicted octanol–water partition coefficient (Wildman–Crippen LogP) is 3.50. The van der Waals surface area contributed by atoms with Gasteiger partial charge in [-0.3, -0.25) is 10.8 Å². The highest BCUT2D eigenvalue weighted by Gasteiger charge is 2.31. The van der Waals surface area contributed by atoms with E-state index in [2.05, 4.69) is 0 Å². The summed E-state index contributed by atoms with van der Waals surface area (Å²) in [5.74, 6) is -1.04. The molecule has 1 atom stereocenters. The first-order valence-corrected chi connectivity index (χ1v) is 11.0. The van der Waals surface area contributed by atoms with Gasteiger partial charge in [-0.1, -0.05) is 12.1 Å². The maximum Gasteiger partial charge on any atom is 0.334 e. The fourth-order valence-electron chi connectivity index (χ4n) is 4.37. The lowest BCUT2D eigenvalue weighted by molar-refractivity contribution is -0.136. The fourth-order valence-corrected chi connectivity index (χ4v) is 4.37. The molecule has 0 saturated carbocycles. The molecule has 8 heteroatoms. The summed E-state index contributed by atoms with van der Waals surface area (Å²) in [7, 11) is 0. The minimum absolute atomic E-state index is 0.0374. The van der Waals surface area contributed by atoms with E-state index in [9.17, 15) is 9.18 Å². The van der Waals surface area contributed by atoms with Crippen LogP contribution in [0.5, 0.6) is 5.75 Å². The molecule has 4 rings (SSSR count). The number of hydrogen-bond acceptors (Lipinski definition) is 5. The quantitative estimate of drug-likeness (QED) is 0.287. The summed E-state index contributed by atoms with van der Waals surface area (Å²) in [6, 6.07) is 11.0. The lowest BCUT2D eigenvalue weighted by Gasteiger charge is -2.36. The molecule has 0 radical (unpaired) electrons. The van der Waals surface area contributed by atoms with E-state index in [1.165, 1.54) is 12.1 Å². The summed E-state index contributed by atoms with van der Waals surface area (Å²) in [4.78, 5) is 16.9. The van der Waals surface area contributed by atoms with Crippen molar-refractivity contribution in [1.29, 1.82) is 10.8 Å². The SMILES string of the molecule is N=C(N)c1cccc(N2CCCC[C@@H]2C(=O)Oc2ccc(C(=N)N3CCCC3)cc2F)c1. The first kappa shape index (κ1) is 21.8. The summed E-state index contributed by atoms with van der Waals surface area (Å²) in [6.07, 6.45) is 4.47. The number of ether oxygens (including phenoxy) is 1. The fraction of sp³-hybridized carbons (Fsp3) is 0.375. The maximum atomic E-state index is 14.7. The van der Waals surface area contributed by atoms with Crippen LogP contribution >= 0.6 is 0 Å². The molecular weight excluding hydrogens is 409 g/mol. The van der Waals surface area contributed by atoms with Gasteiger partial charge in [0.1, 0.15) is 17.7 Å². The highest BCUT2D eigenvalue weighted by molar-refractivity contribution is 5.97. The van der Waals surface area contributed by atoms with E-state index in [-0.39, 0.29) is 11.6 Å². The summed E-state index contributed by atoms with van der Waals surface area (Å²) >= 11 is 0. The van der Waals surface area contributed by atoms with Crippen molar-refractivity contribution in [3.63, 3.8) is 0 Å². The minimum Gasteiger partial charge on any atom is -0.422 e. The zero-order chi connectivity index (χ0) is 22.7. The molecule has 2 aliphatic rings. The molecule has 32 heavy (non-hydrogen) atoms. The van der Waals surface area contributed by atoms with Gasteiger partial charge in [-0.2, -0.15) is 0 Å². The van der Waals surface area contributed by atoms with Crippen LogP contribution in [0, 0.1) is 16.6 Å². The predicted molar refractivity (Wildman–Crippen MR) is 122 cm³/mol. The van der Waals surface area contributed by atoms with Gasteiger partial charge >= 0.3 is 5.97 Å². The van der Waals surface area contributed by atoms with Crippen LogP contribution in [0.25, 0.3) is 0 Å². The Bertz CT molecular complexity index is 1030. The van der Waals surface area contributed by atoms with Gasteiger partial charge in [0.2, 0.25) is 0 Å². The number of carbonyl (C=O) groups is 1. The van der Waals surface area contributed by atoms with Crippen molar-refractivity contribution >= 4 is 23.3 Å². The third-order valence-corrected chi connectivity index (χ3v) is 6.10. The third kappa shape index (κ3) is 4.59. The van der Waals surface area contributed by atoms with E-state index in [0.717, 1.165) is 44.5 Å². The molecule has 7 nitrogen and oxygen atoms in total. The van der Waals surface area contributed by atoms with Crippen molar-refractivity contribution in [3.05, 3.63) is 59.4 Å². The van der Waals surface area contributed by atoms with Crippen LogP contribution in [0.2, 0.25) is 0 Å². The zero-order valence-electron chi connectivity index (χ0n) is 17.9. The number of anilines is 1. The Morgan fingerprint density at radius 1 is 1.00 bits per heavy atom. The number of nitrogens with one attached hydrogen (secondary N) is 2. The Kier molecular flexibility index (Phi) is 6.39. The molecule has 0 amide bonds. The number of esters is 1. The van der Waals surface area contributed by atoms with Crippen LogP contribution in [-0.4, -0.2) is 48.2 Å². The molecule has 168 valence electrons. The number of carbonyl (C=O) groups excluding carboxylic acids is 1. The molecule has 0 aliphatic carbocycles. The molecule has 2 aromatic carbocycles. The van der Waals surface area contributed by atoms with Crippen LogP contribution in [0.1, 0.15) is 43.2 Å². The van der Waals surface area contributed by atoms with Crippen LogP contribution < -0.4 is 15.4 Å². The second-order valence-electron chi connectivity index (χ2n) is 8.28. The lowest BCUT2D eigenvalue weighted by Crippen LogP contribution is -2.46. The van der Waals surface area contributed by atoms with Gasteiger partial charge < -0.3 is 20.3 Å². The highest BCUT2D eigenvalue weighted by Crippen LogP contribution is 2.28. The molecule has 4 N–H and O–H groups in total. The number of hydrogen-bond donors (Lipinski definition) is 3. The van der Waals surface area contributed by atoms with Gasteiger partial charge in [-0.25, -0.2) is 9.18 Å². The monoisotopic (exact) mass is 437 g/mol. The number of piperidine rings is 1. The Morgan fingerprint density at radius 2 is 1.75 bits per heavy atom. The lowest BCUT2D eigenvalue weighted by atomic mass is 10.0. The normalized spacial score (nSPS) is 18.5. The molecule has 2 aliphatic heterocycles. The molecule has 0 unspecified atom stereocenters. The van der Waals surface area contributed by atoms with E-state index < -0.39 is 17.8 Å². The molecule has 2 heterocycles. The molecular formula is C24H28FN5O2. The average Bonchev–Trinajstić information content (AvgIpc) is 3.35. The van der Waals surface area contributed by atoms with Crippen molar-refractivity contribution in [2.24, 2.45) is 5.73 Å². The Morgan fingerprint density at radius 3 is 2.47 bits per heavy atom. The van der Waals surface area contributed by atoms with Crippen molar-refractivity contribution < 1.29 is 13.9 Å². The van der Waals surface area contributed by atoms with Crippen LogP contribution in [0.15, 0.2) is 42.5 Å². The summed E-state index contributed by atoms with van der Waals surface area (Å²) in [5, 5.41) is 15.9. The molecule has 2 saturated heterocycles. The number of rotatable bonds is 5. The molecule has 0 bridgehead atoms. The highest BCUT2D eigenvalue weighted by atomic mass is 19.1. The second kappa shape index (κ2) is 9.38. The van der Waals surface area contributed by atoms with Gasteiger partial charge in [0.05, 0.1) is 0 Å². The number of nitrogen functional groups attached to an aromatic ring is 1. The number of nitrogens with two attached hydrogens (primary N) is 1. The molecule has 0 aromatic heterocycles. The van der Waals surface area contributed by atoms with E-state index in [0.29, 0.717) is 29.9 Å². The van der Waals surface area contributed by atoms with E-state index >= 15 is 0 Å². The Labute approximate surface area is 187 Å². The van der Waals surface area contributed by atoms with Crippen LogP contribution in [0.4, 0.5) is 10.1 Å². The summed E-state index contributed by atoms with van der Waals surface area (Å²) in [5.41, 5.74) is 7.46. The van der Waals surface area contributed by atoms with E-state index in [1.54, 1.807) is 24.3 Å². The average molecular weight is 438 g/mol. The van der Waals surface area contributed by atoms with Crippen LogP contribution in [-0.2, 0) is 4.79 Å². The number of benzene rings is 2. The first-order chi connectivity index (χ1) is 15.4. The van der Waals surface area contributed by atoms with Crippen molar-refractivity contribution in [2.45, 2.75) is 38.1 Å². The van der Waals surface area contributed by atoms with Crippen LogP contribution in [0.3, 0.4) is 0 Å². The van der Waals surface area contributed by atoms with Gasteiger partial charge in [-0.05, 0) is 62.4 Å². The molecule has 0 spiro atoms. The third-order valence-electron chi connectivity index (χ3n) is 6.10. The maximum absolute atomic E-state index is 14.7. The largest absolute Gasteiger partial charge is 0.422 e. The van der Waals surface area contributed by atoms with Crippen molar-refractivity contribution in [2.75, 3.05) is 24.5 Å². The number of halogens is 1. The van der Waals surface area contributed by atoms with Gasteiger partial charge in [0.15, 0.2) is 11.6 Å².